The minimum atomic E-state index is 0.451. The minimum Gasteiger partial charge on any atom is -0.497 e. The topological polar surface area (TPSA) is 44.5 Å². The highest BCUT2D eigenvalue weighted by molar-refractivity contribution is 7.17. The van der Waals surface area contributed by atoms with E-state index in [1.54, 1.807) is 18.4 Å². The zero-order chi connectivity index (χ0) is 9.97. The van der Waals surface area contributed by atoms with Crippen LogP contribution in [0.2, 0.25) is 0 Å². The van der Waals surface area contributed by atoms with Crippen molar-refractivity contribution in [3.05, 3.63) is 29.1 Å². The second-order valence-corrected chi connectivity index (χ2v) is 3.85. The monoisotopic (exact) mass is 209 g/mol. The first-order valence-corrected chi connectivity index (χ1v) is 5.09. The molecular weight excluding hydrogens is 198 g/mol. The Labute approximate surface area is 86.0 Å². The van der Waals surface area contributed by atoms with Crippen LogP contribution in [-0.4, -0.2) is 7.11 Å². The summed E-state index contributed by atoms with van der Waals surface area (Å²) in [7, 11) is 1.67. The summed E-state index contributed by atoms with van der Waals surface area (Å²) in [6.45, 7) is 0.451. The van der Waals surface area contributed by atoms with Crippen LogP contribution in [0.5, 0.6) is 5.75 Å². The van der Waals surface area contributed by atoms with Crippen LogP contribution in [0, 0.1) is 0 Å². The summed E-state index contributed by atoms with van der Waals surface area (Å²) in [4.78, 5) is 4.63. The molecular formula is C10H11NO2S. The lowest BCUT2D eigenvalue weighted by molar-refractivity contribution is 0.125. The number of fused-ring (bicyclic) bond motifs is 1. The summed E-state index contributed by atoms with van der Waals surface area (Å²) >= 11 is 1.67. The lowest BCUT2D eigenvalue weighted by atomic mass is 10.2. The van der Waals surface area contributed by atoms with Crippen LogP contribution >= 0.6 is 11.3 Å². The van der Waals surface area contributed by atoms with E-state index in [1.807, 2.05) is 18.2 Å². The van der Waals surface area contributed by atoms with Crippen molar-refractivity contribution in [2.75, 3.05) is 7.11 Å². The minimum absolute atomic E-state index is 0.451. The van der Waals surface area contributed by atoms with Crippen LogP contribution in [0.4, 0.5) is 0 Å². The highest BCUT2D eigenvalue weighted by atomic mass is 32.1. The molecule has 0 aliphatic rings. The van der Waals surface area contributed by atoms with Gasteiger partial charge in [0.1, 0.15) is 5.75 Å². The smallest absolute Gasteiger partial charge is 0.120 e. The van der Waals surface area contributed by atoms with Gasteiger partial charge in [0.25, 0.3) is 0 Å². The zero-order valence-electron chi connectivity index (χ0n) is 7.82. The van der Waals surface area contributed by atoms with Crippen molar-refractivity contribution < 1.29 is 9.57 Å². The first-order valence-electron chi connectivity index (χ1n) is 4.21. The SMILES string of the molecule is COc1ccc2c(CON)csc2c1. The molecule has 0 fully saturated rings. The molecule has 1 heterocycles. The van der Waals surface area contributed by atoms with Gasteiger partial charge in [0.05, 0.1) is 13.7 Å². The molecule has 0 saturated heterocycles. The molecule has 0 unspecified atom stereocenters. The fourth-order valence-corrected chi connectivity index (χ4v) is 2.37. The quantitative estimate of drug-likeness (QED) is 0.789. The number of hydrogen-bond acceptors (Lipinski definition) is 4. The third kappa shape index (κ3) is 1.59. The molecule has 0 saturated carbocycles. The van der Waals surface area contributed by atoms with Crippen molar-refractivity contribution in [1.29, 1.82) is 0 Å². The lowest BCUT2D eigenvalue weighted by Gasteiger charge is -2.00. The first-order chi connectivity index (χ1) is 6.85. The Hall–Kier alpha value is -1.10. The molecule has 1 aromatic carbocycles. The summed E-state index contributed by atoms with van der Waals surface area (Å²) in [5.74, 6) is 5.92. The van der Waals surface area contributed by atoms with Gasteiger partial charge in [-0.25, -0.2) is 5.90 Å². The van der Waals surface area contributed by atoms with Crippen LogP contribution in [-0.2, 0) is 11.4 Å². The number of rotatable bonds is 3. The first kappa shape index (κ1) is 9.45. The van der Waals surface area contributed by atoms with Gasteiger partial charge in [-0.15, -0.1) is 11.3 Å². The Morgan fingerprint density at radius 1 is 1.43 bits per heavy atom. The summed E-state index contributed by atoms with van der Waals surface area (Å²) in [5, 5.41) is 3.23. The van der Waals surface area contributed by atoms with Gasteiger partial charge in [-0.2, -0.15) is 0 Å². The van der Waals surface area contributed by atoms with Crippen molar-refractivity contribution in [2.24, 2.45) is 5.90 Å². The van der Waals surface area contributed by atoms with Gasteiger partial charge < -0.3 is 4.74 Å². The van der Waals surface area contributed by atoms with Gasteiger partial charge in [-0.05, 0) is 34.5 Å². The molecule has 2 rings (SSSR count). The normalized spacial score (nSPS) is 10.7. The van der Waals surface area contributed by atoms with Crippen LogP contribution in [0.25, 0.3) is 10.1 Å². The average molecular weight is 209 g/mol. The van der Waals surface area contributed by atoms with Crippen LogP contribution in [0.1, 0.15) is 5.56 Å². The summed E-state index contributed by atoms with van der Waals surface area (Å²) in [5.41, 5.74) is 1.12. The van der Waals surface area contributed by atoms with Gasteiger partial charge in [0, 0.05) is 4.70 Å². The van der Waals surface area contributed by atoms with Crippen molar-refractivity contribution in [2.45, 2.75) is 6.61 Å². The molecule has 4 heteroatoms. The Balaban J connectivity index is 2.48. The largest absolute Gasteiger partial charge is 0.497 e. The van der Waals surface area contributed by atoms with Crippen molar-refractivity contribution in [1.82, 2.24) is 0 Å². The number of benzene rings is 1. The Bertz CT molecular complexity index is 439. The molecule has 0 aliphatic carbocycles. The zero-order valence-corrected chi connectivity index (χ0v) is 8.64. The fraction of sp³-hybridized carbons (Fsp3) is 0.200. The standard InChI is InChI=1S/C10H11NO2S/c1-12-8-2-3-9-7(5-13-11)6-14-10(9)4-8/h2-4,6H,5,11H2,1H3. The van der Waals surface area contributed by atoms with Gasteiger partial charge in [0.15, 0.2) is 0 Å². The van der Waals surface area contributed by atoms with Gasteiger partial charge >= 0.3 is 0 Å². The van der Waals surface area contributed by atoms with E-state index in [9.17, 15) is 0 Å². The van der Waals surface area contributed by atoms with Gasteiger partial charge in [-0.3, -0.25) is 4.84 Å². The summed E-state index contributed by atoms with van der Waals surface area (Å²) < 4.78 is 6.33. The molecule has 74 valence electrons. The van der Waals surface area contributed by atoms with Crippen molar-refractivity contribution in [3.8, 4) is 5.75 Å². The predicted octanol–water partition coefficient (Wildman–Crippen LogP) is 2.30. The third-order valence-corrected chi connectivity index (χ3v) is 3.10. The Morgan fingerprint density at radius 2 is 2.29 bits per heavy atom. The molecule has 3 nitrogen and oxygen atoms in total. The van der Waals surface area contributed by atoms with Crippen LogP contribution < -0.4 is 10.6 Å². The van der Waals surface area contributed by atoms with E-state index >= 15 is 0 Å². The van der Waals surface area contributed by atoms with E-state index in [4.69, 9.17) is 10.6 Å². The predicted molar refractivity (Wildman–Crippen MR) is 57.4 cm³/mol. The Morgan fingerprint density at radius 3 is 3.00 bits per heavy atom. The van der Waals surface area contributed by atoms with Crippen molar-refractivity contribution in [3.63, 3.8) is 0 Å². The number of thiophene rings is 1. The van der Waals surface area contributed by atoms with Crippen LogP contribution in [0.3, 0.4) is 0 Å². The highest BCUT2D eigenvalue weighted by Gasteiger charge is 2.04. The number of nitrogens with two attached hydrogens (primary N) is 1. The molecule has 14 heavy (non-hydrogen) atoms. The van der Waals surface area contributed by atoms with E-state index in [0.717, 1.165) is 11.3 Å². The number of ether oxygens (including phenoxy) is 1. The molecule has 0 aliphatic heterocycles. The molecule has 0 atom stereocenters. The second-order valence-electron chi connectivity index (χ2n) is 2.93. The van der Waals surface area contributed by atoms with E-state index in [0.29, 0.717) is 6.61 Å². The molecule has 0 spiro atoms. The maximum Gasteiger partial charge on any atom is 0.120 e. The third-order valence-electron chi connectivity index (χ3n) is 2.10. The van der Waals surface area contributed by atoms with E-state index in [-0.39, 0.29) is 0 Å². The van der Waals surface area contributed by atoms with E-state index < -0.39 is 0 Å². The van der Waals surface area contributed by atoms with E-state index in [2.05, 4.69) is 10.2 Å². The molecule has 0 radical (unpaired) electrons. The molecule has 2 N–H and O–H groups in total. The average Bonchev–Trinajstić information content (AvgIpc) is 2.61. The molecule has 1 aromatic heterocycles. The van der Waals surface area contributed by atoms with Crippen molar-refractivity contribution >= 4 is 21.4 Å². The fourth-order valence-electron chi connectivity index (χ4n) is 1.39. The van der Waals surface area contributed by atoms with Gasteiger partial charge in [-0.1, -0.05) is 0 Å². The van der Waals surface area contributed by atoms with E-state index in [1.165, 1.54) is 10.1 Å². The molecule has 0 amide bonds. The summed E-state index contributed by atoms with van der Waals surface area (Å²) in [6.07, 6.45) is 0. The maximum atomic E-state index is 5.14. The summed E-state index contributed by atoms with van der Waals surface area (Å²) in [6, 6.07) is 5.98. The molecule has 2 aromatic rings. The number of methoxy groups -OCH3 is 1. The molecule has 0 bridgehead atoms. The number of hydrogen-bond donors (Lipinski definition) is 1. The highest BCUT2D eigenvalue weighted by Crippen LogP contribution is 2.29. The van der Waals surface area contributed by atoms with Gasteiger partial charge in [0.2, 0.25) is 0 Å². The Kier molecular flexibility index (Phi) is 2.67. The maximum absolute atomic E-state index is 5.14. The lowest BCUT2D eigenvalue weighted by Crippen LogP contribution is -1.97. The van der Waals surface area contributed by atoms with Crippen LogP contribution in [0.15, 0.2) is 23.6 Å². The second kappa shape index (κ2) is 3.96.